The molecule has 0 aliphatic heterocycles. The molecule has 0 bridgehead atoms. The molecule has 2 nitrogen and oxygen atoms in total. The third-order valence-corrected chi connectivity index (χ3v) is 11.0. The Morgan fingerprint density at radius 1 is 0.575 bits per heavy atom. The summed E-state index contributed by atoms with van der Waals surface area (Å²) in [7, 11) is -2.65. The van der Waals surface area contributed by atoms with Crippen molar-refractivity contribution in [2.24, 2.45) is 0 Å². The molecule has 214 valence electrons. The summed E-state index contributed by atoms with van der Waals surface area (Å²) >= 11 is 0. The Morgan fingerprint density at radius 3 is 1.35 bits per heavy atom. The van der Waals surface area contributed by atoms with Crippen LogP contribution in [0.5, 0.6) is 0 Å². The molecular weight excluding hydrogens is 719 g/mol. The number of imidazole rings is 1. The number of hydrogen-bond donors (Lipinski definition) is 0. The third kappa shape index (κ3) is 12.4. The molecule has 0 amide bonds. The maximum Gasteiger partial charge on any atom is 2.00 e. The second-order valence-electron chi connectivity index (χ2n) is 11.9. The molecule has 1 heterocycles. The van der Waals surface area contributed by atoms with E-state index >= 15 is 0 Å². The Bertz CT molecular complexity index is 706. The first-order chi connectivity index (χ1) is 17.5. The van der Waals surface area contributed by atoms with Crippen LogP contribution in [0.25, 0.3) is 0 Å². The Hall–Kier alpha value is 1.41. The minimum atomic E-state index is -1.32. The molecule has 4 aliphatic carbocycles. The zero-order valence-electron chi connectivity index (χ0n) is 25.1. The standard InChI is InChI=1S/C23H35N2Si2.2C5H5.2Fe.HI/c1-18(20-11-9-13-22(20)26(3,4)5)24-15-16-25(17-24)19(2)21-12-10-14-23(21)27(6,7)8;2*1-2-4-5-3-1;;;/h9-19H,1-8H3;2*1-5H;;;1H/q+1;;;2*+2;/p-1/t18-,19-;;;;;/m1...../s1. The van der Waals surface area contributed by atoms with Gasteiger partial charge < -0.3 is 24.0 Å². The van der Waals surface area contributed by atoms with Crippen LogP contribution in [0, 0.1) is 126 Å². The van der Waals surface area contributed by atoms with Crippen molar-refractivity contribution in [3.63, 3.8) is 0 Å². The normalized spacial score (nSPS) is 22.2. The van der Waals surface area contributed by atoms with Crippen LogP contribution in [0.1, 0.15) is 25.9 Å². The zero-order chi connectivity index (χ0) is 27.1. The van der Waals surface area contributed by atoms with E-state index in [0.29, 0.717) is 12.1 Å². The van der Waals surface area contributed by atoms with E-state index in [2.05, 4.69) is 120 Å². The van der Waals surface area contributed by atoms with Crippen LogP contribution in [0.2, 0.25) is 39.3 Å². The van der Waals surface area contributed by atoms with Gasteiger partial charge >= 0.3 is 34.1 Å². The summed E-state index contributed by atoms with van der Waals surface area (Å²) in [5, 5.41) is 0. The minimum absolute atomic E-state index is 0. The summed E-state index contributed by atoms with van der Waals surface area (Å²) in [6, 6.07) is 0.734. The Morgan fingerprint density at radius 2 is 0.950 bits per heavy atom. The van der Waals surface area contributed by atoms with E-state index in [1.54, 1.807) is 11.1 Å². The van der Waals surface area contributed by atoms with Crippen molar-refractivity contribution in [3.05, 3.63) is 144 Å². The van der Waals surface area contributed by atoms with Gasteiger partial charge in [0.25, 0.3) is 0 Å². The Kier molecular flexibility index (Phi) is 20.4. The number of aromatic nitrogens is 2. The molecule has 1 aromatic heterocycles. The fraction of sp³-hybridized carbons (Fsp3) is 0.303. The van der Waals surface area contributed by atoms with Gasteiger partial charge in [0, 0.05) is 11.8 Å². The largest absolute Gasteiger partial charge is 2.00 e. The summed E-state index contributed by atoms with van der Waals surface area (Å²) < 4.78 is 4.74. The molecule has 7 heteroatoms. The minimum Gasteiger partial charge on any atom is -1.00 e. The van der Waals surface area contributed by atoms with E-state index in [1.165, 1.54) is 11.8 Å². The van der Waals surface area contributed by atoms with Gasteiger partial charge in [0.1, 0.15) is 24.5 Å². The van der Waals surface area contributed by atoms with Crippen molar-refractivity contribution in [1.29, 1.82) is 0 Å². The zero-order valence-corrected chi connectivity index (χ0v) is 31.5. The maximum atomic E-state index is 2.43. The Labute approximate surface area is 290 Å². The van der Waals surface area contributed by atoms with Crippen molar-refractivity contribution in [1.82, 2.24) is 4.57 Å². The first-order valence-electron chi connectivity index (χ1n) is 13.4. The van der Waals surface area contributed by atoms with E-state index in [-0.39, 0.29) is 58.1 Å². The second kappa shape index (κ2) is 19.7. The first-order valence-corrected chi connectivity index (χ1v) is 20.4. The molecule has 1 aromatic rings. The summed E-state index contributed by atoms with van der Waals surface area (Å²) in [4.78, 5) is 0. The van der Waals surface area contributed by atoms with Crippen LogP contribution in [0.4, 0.5) is 0 Å². The predicted octanol–water partition coefficient (Wildman–Crippen LogP) is 4.25. The van der Waals surface area contributed by atoms with Gasteiger partial charge in [-0.3, -0.25) is 0 Å². The fourth-order valence-electron chi connectivity index (χ4n) is 4.77. The molecular formula is C33H45Fe2IN2Si2+4. The van der Waals surface area contributed by atoms with Crippen molar-refractivity contribution in [2.75, 3.05) is 0 Å². The molecule has 0 saturated heterocycles. The van der Waals surface area contributed by atoms with Gasteiger partial charge in [-0.1, -0.05) is 39.3 Å². The van der Waals surface area contributed by atoms with Gasteiger partial charge in [0.05, 0.1) is 16.1 Å². The molecule has 4 fully saturated rings. The molecule has 2 atom stereocenters. The molecule has 0 N–H and O–H groups in total. The molecule has 4 aliphatic rings. The molecule has 40 heavy (non-hydrogen) atoms. The monoisotopic (exact) mass is 764 g/mol. The van der Waals surface area contributed by atoms with Gasteiger partial charge in [-0.25, -0.2) is 9.13 Å². The molecule has 4 saturated carbocycles. The molecule has 0 aromatic carbocycles. The molecule has 0 unspecified atom stereocenters. The first kappa shape index (κ1) is 41.4. The van der Waals surface area contributed by atoms with Crippen LogP contribution in [-0.2, 0) is 34.1 Å². The summed E-state index contributed by atoms with van der Waals surface area (Å²) in [5.41, 5.74) is 3.17. The van der Waals surface area contributed by atoms with Crippen LogP contribution in [0.15, 0.2) is 18.7 Å². The quantitative estimate of drug-likeness (QED) is 0.233. The van der Waals surface area contributed by atoms with Gasteiger partial charge in [0.2, 0.25) is 6.33 Å². The SMILES string of the molecule is C[C@H]([C]1[CH][CH][CH][C]1[Si](C)(C)C)n1cc[n+]([C@H](C)[C]2[CH][CH][CH][C]2[Si](C)(C)C)c1.[CH]1[CH][CH][CH][CH]1.[CH]1[CH][CH][CH][CH]1.[Fe+2].[Fe+2].[I-]. The topological polar surface area (TPSA) is 8.81 Å². The number of rotatable bonds is 6. The van der Waals surface area contributed by atoms with Crippen LogP contribution < -0.4 is 28.5 Å². The van der Waals surface area contributed by atoms with Crippen molar-refractivity contribution in [2.45, 2.75) is 65.2 Å². The number of hydrogen-bond acceptors (Lipinski definition) is 0. The van der Waals surface area contributed by atoms with Crippen LogP contribution >= 0.6 is 0 Å². The van der Waals surface area contributed by atoms with Crippen LogP contribution in [0.3, 0.4) is 0 Å². The smallest absolute Gasteiger partial charge is 1.00 e. The van der Waals surface area contributed by atoms with Gasteiger partial charge in [0.15, 0.2) is 0 Å². The van der Waals surface area contributed by atoms with E-state index < -0.39 is 16.1 Å². The third-order valence-electron chi connectivity index (χ3n) is 6.90. The van der Waals surface area contributed by atoms with E-state index in [1.807, 2.05) is 64.2 Å². The molecule has 5 rings (SSSR count). The van der Waals surface area contributed by atoms with Gasteiger partial charge in [-0.05, 0) is 128 Å². The molecule has 20 radical (unpaired) electrons. The fourth-order valence-corrected chi connectivity index (χ4v) is 8.28. The number of nitrogens with zero attached hydrogens (tertiary/aromatic N) is 2. The van der Waals surface area contributed by atoms with E-state index in [4.69, 9.17) is 0 Å². The second-order valence-corrected chi connectivity index (χ2v) is 22.0. The Balaban J connectivity index is 0.000000981. The summed E-state index contributed by atoms with van der Waals surface area (Å²) in [5.74, 6) is 2.97. The summed E-state index contributed by atoms with van der Waals surface area (Å²) in [6.45, 7) is 19.3. The average Bonchev–Trinajstić information content (AvgIpc) is 3.68. The van der Waals surface area contributed by atoms with Crippen molar-refractivity contribution >= 4 is 16.1 Å². The predicted molar refractivity (Wildman–Crippen MR) is 163 cm³/mol. The van der Waals surface area contributed by atoms with E-state index in [0.717, 1.165) is 0 Å². The average molecular weight is 765 g/mol. The maximum absolute atomic E-state index is 2.43. The van der Waals surface area contributed by atoms with E-state index in [9.17, 15) is 0 Å². The number of halogens is 1. The van der Waals surface area contributed by atoms with Crippen LogP contribution in [-0.4, -0.2) is 20.7 Å². The molecule has 0 spiro atoms. The van der Waals surface area contributed by atoms with Gasteiger partial charge in [-0.15, -0.1) is 0 Å². The van der Waals surface area contributed by atoms with Crippen molar-refractivity contribution in [3.8, 4) is 0 Å². The summed E-state index contributed by atoms with van der Waals surface area (Å²) in [6.07, 6.45) is 40.5. The van der Waals surface area contributed by atoms with Gasteiger partial charge in [-0.2, -0.15) is 0 Å². The van der Waals surface area contributed by atoms with Crippen molar-refractivity contribution < 1.29 is 62.7 Å².